The normalized spacial score (nSPS) is 13.5. The van der Waals surface area contributed by atoms with Gasteiger partial charge in [0.05, 0.1) is 18.6 Å². The molecule has 0 aliphatic rings. The minimum absolute atomic E-state index is 0.0153. The number of halogens is 1. The van der Waals surface area contributed by atoms with Crippen LogP contribution in [0.2, 0.25) is 5.02 Å². The average Bonchev–Trinajstić information content (AvgIpc) is 2.93. The van der Waals surface area contributed by atoms with Crippen molar-refractivity contribution < 1.29 is 41.6 Å². The Bertz CT molecular complexity index is 1360. The molecule has 0 aliphatic heterocycles. The number of nitrogens with one attached hydrogen (secondary N) is 2. The van der Waals surface area contributed by atoms with E-state index in [0.717, 1.165) is 0 Å². The van der Waals surface area contributed by atoms with E-state index in [1.165, 1.54) is 35.7 Å². The van der Waals surface area contributed by atoms with Crippen molar-refractivity contribution in [2.75, 3.05) is 32.5 Å². The van der Waals surface area contributed by atoms with Crippen molar-refractivity contribution in [1.29, 1.82) is 0 Å². The lowest BCUT2D eigenvalue weighted by molar-refractivity contribution is -0.123. The van der Waals surface area contributed by atoms with Gasteiger partial charge in [-0.1, -0.05) is 50.1 Å². The number of hydrogen-bond acceptors (Lipinski definition) is 8. The second kappa shape index (κ2) is 17.0. The Morgan fingerprint density at radius 2 is 1.74 bits per heavy atom. The van der Waals surface area contributed by atoms with E-state index in [1.54, 1.807) is 24.3 Å². The molecule has 0 bridgehead atoms. The minimum atomic E-state index is -4.89. The summed E-state index contributed by atoms with van der Waals surface area (Å²) in [6.07, 6.45) is 0.288. The lowest BCUT2D eigenvalue weighted by Crippen LogP contribution is -2.48. The summed E-state index contributed by atoms with van der Waals surface area (Å²) in [5.74, 6) is -0.586. The molecule has 0 saturated heterocycles. The Morgan fingerprint density at radius 3 is 2.33 bits per heavy atom. The molecule has 0 aromatic heterocycles. The Morgan fingerprint density at radius 1 is 1.09 bits per heavy atom. The molecular formula is C27H40ClN4O9PS. The van der Waals surface area contributed by atoms with Crippen LogP contribution in [0.4, 0.5) is 10.5 Å². The molecule has 2 rings (SSSR count). The molecule has 240 valence electrons. The summed E-state index contributed by atoms with van der Waals surface area (Å²) in [6, 6.07) is 10.7. The highest BCUT2D eigenvalue weighted by Gasteiger charge is 2.33. The molecule has 0 heterocycles. The number of anilines is 1. The predicted molar refractivity (Wildman–Crippen MR) is 163 cm³/mol. The van der Waals surface area contributed by atoms with Crippen molar-refractivity contribution in [3.05, 3.63) is 59.1 Å². The maximum atomic E-state index is 13.6. The number of nitrogen functional groups attached to an aromatic ring is 1. The number of nitrogens with zero attached hydrogens (tertiary/aromatic N) is 1. The van der Waals surface area contributed by atoms with E-state index in [0.29, 0.717) is 29.1 Å². The van der Waals surface area contributed by atoms with Crippen molar-refractivity contribution in [2.24, 2.45) is 5.92 Å². The molecule has 0 saturated carbocycles. The van der Waals surface area contributed by atoms with Gasteiger partial charge in [-0.25, -0.2) is 17.8 Å². The third kappa shape index (κ3) is 12.4. The van der Waals surface area contributed by atoms with Gasteiger partial charge in [0.15, 0.2) is 0 Å². The van der Waals surface area contributed by atoms with Crippen molar-refractivity contribution in [3.8, 4) is 0 Å². The van der Waals surface area contributed by atoms with Crippen LogP contribution >= 0.6 is 19.4 Å². The summed E-state index contributed by atoms with van der Waals surface area (Å²) < 4.78 is 49.3. The van der Waals surface area contributed by atoms with Crippen LogP contribution in [0.5, 0.6) is 0 Å². The number of unbranched alkanes of at least 4 members (excludes halogenated alkanes) is 1. The zero-order chi connectivity index (χ0) is 32.2. The molecule has 16 heteroatoms. The fraction of sp³-hybridized carbons (Fsp3) is 0.481. The third-order valence-corrected chi connectivity index (χ3v) is 9.10. The number of rotatable bonds is 17. The van der Waals surface area contributed by atoms with Gasteiger partial charge in [-0.05, 0) is 54.7 Å². The second-order valence-corrected chi connectivity index (χ2v) is 13.8. The highest BCUT2D eigenvalue weighted by molar-refractivity contribution is 7.89. The molecule has 2 aromatic carbocycles. The van der Waals surface area contributed by atoms with Crippen LogP contribution in [-0.2, 0) is 35.1 Å². The summed E-state index contributed by atoms with van der Waals surface area (Å²) in [5, 5.41) is 5.69. The Labute approximate surface area is 257 Å². The van der Waals surface area contributed by atoms with Gasteiger partial charge in [-0.15, -0.1) is 0 Å². The van der Waals surface area contributed by atoms with E-state index >= 15 is 0 Å². The van der Waals surface area contributed by atoms with Gasteiger partial charge in [0.1, 0.15) is 6.04 Å². The first-order valence-electron chi connectivity index (χ1n) is 13.6. The number of sulfonamides is 1. The SMILES string of the molecule is COC(=O)NC(Cc1ccccc1Cl)C(=O)NCCCC[C@@H](COP(=O)(O)O)N(CC(C)C)S(=O)(=O)c1ccc(N)cc1. The van der Waals surface area contributed by atoms with Crippen LogP contribution in [0.15, 0.2) is 53.4 Å². The monoisotopic (exact) mass is 662 g/mol. The Kier molecular flexibility index (Phi) is 14.4. The first-order chi connectivity index (χ1) is 20.1. The summed E-state index contributed by atoms with van der Waals surface area (Å²) in [6.45, 7) is 3.36. The molecule has 0 radical (unpaired) electrons. The van der Waals surface area contributed by atoms with Gasteiger partial charge < -0.3 is 30.9 Å². The maximum absolute atomic E-state index is 13.6. The van der Waals surface area contributed by atoms with Crippen LogP contribution in [-0.4, -0.2) is 73.4 Å². The number of phosphoric acid groups is 1. The number of hydrogen-bond donors (Lipinski definition) is 5. The van der Waals surface area contributed by atoms with Gasteiger partial charge in [0, 0.05) is 36.3 Å². The number of carbonyl (C=O) groups excluding carboxylic acids is 2. The highest BCUT2D eigenvalue weighted by atomic mass is 35.5. The van der Waals surface area contributed by atoms with Crippen LogP contribution in [0, 0.1) is 5.92 Å². The van der Waals surface area contributed by atoms with Crippen LogP contribution in [0.3, 0.4) is 0 Å². The number of benzene rings is 2. The van der Waals surface area contributed by atoms with E-state index < -0.39 is 48.5 Å². The largest absolute Gasteiger partial charge is 0.469 e. The van der Waals surface area contributed by atoms with Gasteiger partial charge in [-0.2, -0.15) is 4.31 Å². The first kappa shape index (κ1) is 36.5. The lowest BCUT2D eigenvalue weighted by Gasteiger charge is -2.32. The zero-order valence-corrected chi connectivity index (χ0v) is 26.8. The number of phosphoric ester groups is 1. The number of alkyl carbamates (subject to hydrolysis) is 1. The summed E-state index contributed by atoms with van der Waals surface area (Å²) in [7, 11) is -7.79. The smallest absolute Gasteiger partial charge is 0.453 e. The second-order valence-electron chi connectivity index (χ2n) is 10.2. The van der Waals surface area contributed by atoms with E-state index in [1.807, 2.05) is 13.8 Å². The van der Waals surface area contributed by atoms with E-state index in [4.69, 9.17) is 21.9 Å². The zero-order valence-electron chi connectivity index (χ0n) is 24.3. The summed E-state index contributed by atoms with van der Waals surface area (Å²) >= 11 is 6.22. The van der Waals surface area contributed by atoms with E-state index in [9.17, 15) is 32.4 Å². The molecule has 2 atom stereocenters. The van der Waals surface area contributed by atoms with Crippen LogP contribution in [0.25, 0.3) is 0 Å². The highest BCUT2D eigenvalue weighted by Crippen LogP contribution is 2.37. The van der Waals surface area contributed by atoms with Gasteiger partial charge in [-0.3, -0.25) is 9.32 Å². The number of amides is 2. The molecule has 0 aliphatic carbocycles. The average molecular weight is 663 g/mol. The summed E-state index contributed by atoms with van der Waals surface area (Å²) in [5.41, 5.74) is 6.75. The molecule has 43 heavy (non-hydrogen) atoms. The first-order valence-corrected chi connectivity index (χ1v) is 16.9. The van der Waals surface area contributed by atoms with Gasteiger partial charge >= 0.3 is 13.9 Å². The minimum Gasteiger partial charge on any atom is -0.453 e. The lowest BCUT2D eigenvalue weighted by atomic mass is 10.0. The molecule has 13 nitrogen and oxygen atoms in total. The van der Waals surface area contributed by atoms with Gasteiger partial charge in [0.2, 0.25) is 15.9 Å². The van der Waals surface area contributed by atoms with Crippen molar-refractivity contribution >= 4 is 47.1 Å². The predicted octanol–water partition coefficient (Wildman–Crippen LogP) is 3.30. The molecule has 0 spiro atoms. The fourth-order valence-corrected chi connectivity index (χ4v) is 6.59. The Balaban J connectivity index is 2.12. The summed E-state index contributed by atoms with van der Waals surface area (Å²) in [4.78, 5) is 43.4. The van der Waals surface area contributed by atoms with Crippen molar-refractivity contribution in [2.45, 2.75) is 56.5 Å². The van der Waals surface area contributed by atoms with Crippen LogP contribution in [0.1, 0.15) is 38.7 Å². The van der Waals surface area contributed by atoms with Crippen molar-refractivity contribution in [1.82, 2.24) is 14.9 Å². The molecule has 2 amide bonds. The molecule has 2 aromatic rings. The quantitative estimate of drug-likeness (QED) is 0.0952. The molecule has 0 fully saturated rings. The maximum Gasteiger partial charge on any atom is 0.469 e. The Hall–Kier alpha value is -2.71. The van der Waals surface area contributed by atoms with Crippen LogP contribution < -0.4 is 16.4 Å². The fourth-order valence-electron chi connectivity index (χ4n) is 4.21. The molecular weight excluding hydrogens is 623 g/mol. The molecule has 1 unspecified atom stereocenters. The van der Waals surface area contributed by atoms with Gasteiger partial charge in [0.25, 0.3) is 0 Å². The molecule has 6 N–H and O–H groups in total. The topological polar surface area (TPSA) is 198 Å². The number of ether oxygens (including phenoxy) is 1. The standard InChI is InChI=1S/C27H40ClN4O9PS/c1-19(2)17-32(43(38,39)23-13-11-21(29)12-14-23)22(18-41-42(35,36)37)9-6-7-15-30-26(33)25(31-27(34)40-3)16-20-8-4-5-10-24(20)28/h4-5,8,10-14,19,22,25H,6-7,9,15-18,29H2,1-3H3,(H,30,33)(H,31,34)(H2,35,36,37)/t22-,25?/m0/s1. The van der Waals surface area contributed by atoms with E-state index in [-0.39, 0.29) is 36.7 Å². The van der Waals surface area contributed by atoms with Crippen molar-refractivity contribution in [3.63, 3.8) is 0 Å². The number of carbonyl (C=O) groups is 2. The third-order valence-electron chi connectivity index (χ3n) is 6.31. The number of nitrogens with two attached hydrogens (primary N) is 1. The number of methoxy groups -OCH3 is 1. The van der Waals surface area contributed by atoms with E-state index in [2.05, 4.69) is 15.4 Å².